The average molecular weight is 433 g/mol. The number of ether oxygens (including phenoxy) is 5. The van der Waals surface area contributed by atoms with E-state index in [4.69, 9.17) is 9.47 Å². The maximum Gasteiger partial charge on any atom is 0.507 e. The molecule has 160 valence electrons. The standard InChI is InChI=1S/C17H11F4NO8/c1-26-12-7-10(22(24)25)9(15(23)27-2)6-13(12)28-8-3-4-11-14(5-8)30-17(20,21)16(18,19)29-11/h3-7H,1-2H3. The summed E-state index contributed by atoms with van der Waals surface area (Å²) in [5, 5.41) is 11.2. The molecule has 0 aliphatic carbocycles. The third-order valence-electron chi connectivity index (χ3n) is 3.84. The number of fused-ring (bicyclic) bond motifs is 1. The van der Waals surface area contributed by atoms with Crippen LogP contribution in [0.15, 0.2) is 30.3 Å². The molecule has 0 fully saturated rings. The number of nitro groups is 1. The Morgan fingerprint density at radius 2 is 1.63 bits per heavy atom. The van der Waals surface area contributed by atoms with Crippen LogP contribution in [0.3, 0.4) is 0 Å². The Balaban J connectivity index is 2.01. The van der Waals surface area contributed by atoms with Crippen molar-refractivity contribution in [2.24, 2.45) is 0 Å². The number of benzene rings is 2. The van der Waals surface area contributed by atoms with Crippen LogP contribution in [0.4, 0.5) is 23.2 Å². The van der Waals surface area contributed by atoms with Gasteiger partial charge in [-0.25, -0.2) is 4.79 Å². The smallest absolute Gasteiger partial charge is 0.493 e. The lowest BCUT2D eigenvalue weighted by Gasteiger charge is -2.31. The molecule has 0 radical (unpaired) electrons. The van der Waals surface area contributed by atoms with E-state index in [2.05, 4.69) is 14.2 Å². The molecule has 2 aromatic rings. The molecular formula is C17H11F4NO8. The Kier molecular flexibility index (Phi) is 5.06. The molecule has 0 saturated heterocycles. The van der Waals surface area contributed by atoms with Crippen molar-refractivity contribution in [3.63, 3.8) is 0 Å². The van der Waals surface area contributed by atoms with Gasteiger partial charge in [0.25, 0.3) is 5.69 Å². The highest BCUT2D eigenvalue weighted by Gasteiger charge is 2.66. The molecule has 1 aliphatic heterocycles. The molecule has 13 heteroatoms. The van der Waals surface area contributed by atoms with Gasteiger partial charge in [-0.3, -0.25) is 10.1 Å². The van der Waals surface area contributed by atoms with Crippen molar-refractivity contribution in [3.05, 3.63) is 46.0 Å². The minimum Gasteiger partial charge on any atom is -0.493 e. The van der Waals surface area contributed by atoms with Crippen molar-refractivity contribution in [2.45, 2.75) is 12.2 Å². The fourth-order valence-electron chi connectivity index (χ4n) is 2.45. The molecule has 1 heterocycles. The summed E-state index contributed by atoms with van der Waals surface area (Å²) < 4.78 is 76.1. The van der Waals surface area contributed by atoms with E-state index in [1.54, 1.807) is 0 Å². The minimum atomic E-state index is -4.93. The van der Waals surface area contributed by atoms with Gasteiger partial charge in [-0.15, -0.1) is 0 Å². The lowest BCUT2D eigenvalue weighted by atomic mass is 10.1. The Labute approximate surface area is 164 Å². The molecule has 0 amide bonds. The molecule has 9 nitrogen and oxygen atoms in total. The molecule has 0 unspecified atom stereocenters. The maximum absolute atomic E-state index is 13.4. The van der Waals surface area contributed by atoms with E-state index < -0.39 is 45.9 Å². The number of rotatable bonds is 5. The van der Waals surface area contributed by atoms with Gasteiger partial charge < -0.3 is 23.7 Å². The second-order valence-corrected chi connectivity index (χ2v) is 5.72. The predicted molar refractivity (Wildman–Crippen MR) is 88.7 cm³/mol. The summed E-state index contributed by atoms with van der Waals surface area (Å²) in [6, 6.07) is 4.65. The van der Waals surface area contributed by atoms with Crippen LogP contribution < -0.4 is 18.9 Å². The lowest BCUT2D eigenvalue weighted by molar-refractivity contribution is -0.391. The minimum absolute atomic E-state index is 0.180. The summed E-state index contributed by atoms with van der Waals surface area (Å²) in [6.45, 7) is 0. The van der Waals surface area contributed by atoms with E-state index in [-0.39, 0.29) is 17.2 Å². The van der Waals surface area contributed by atoms with Gasteiger partial charge in [-0.05, 0) is 12.1 Å². The van der Waals surface area contributed by atoms with Crippen molar-refractivity contribution in [3.8, 4) is 28.7 Å². The third kappa shape index (κ3) is 3.60. The first-order chi connectivity index (χ1) is 14.0. The number of nitro benzene ring substituents is 1. The van der Waals surface area contributed by atoms with Gasteiger partial charge in [0.2, 0.25) is 0 Å². The van der Waals surface area contributed by atoms with Crippen molar-refractivity contribution < 1.29 is 51.0 Å². The van der Waals surface area contributed by atoms with E-state index >= 15 is 0 Å². The Morgan fingerprint density at radius 1 is 1.00 bits per heavy atom. The Bertz CT molecular complexity index is 1030. The van der Waals surface area contributed by atoms with Crippen molar-refractivity contribution >= 4 is 11.7 Å². The first-order valence-electron chi connectivity index (χ1n) is 7.89. The van der Waals surface area contributed by atoms with Gasteiger partial charge in [-0.2, -0.15) is 17.6 Å². The van der Waals surface area contributed by atoms with E-state index in [1.807, 2.05) is 0 Å². The molecule has 0 N–H and O–H groups in total. The molecule has 0 atom stereocenters. The van der Waals surface area contributed by atoms with Gasteiger partial charge in [0.05, 0.1) is 25.2 Å². The number of carbonyl (C=O) groups is 1. The molecule has 2 aromatic carbocycles. The summed E-state index contributed by atoms with van der Waals surface area (Å²) in [5.41, 5.74) is -1.10. The van der Waals surface area contributed by atoms with E-state index in [1.165, 1.54) is 0 Å². The normalized spacial score (nSPS) is 15.8. The Morgan fingerprint density at radius 3 is 2.20 bits per heavy atom. The quantitative estimate of drug-likeness (QED) is 0.300. The molecule has 3 rings (SSSR count). The number of nitrogens with zero attached hydrogens (tertiary/aromatic N) is 1. The first-order valence-corrected chi connectivity index (χ1v) is 7.89. The summed E-state index contributed by atoms with van der Waals surface area (Å²) in [5.74, 6) is -3.06. The third-order valence-corrected chi connectivity index (χ3v) is 3.84. The van der Waals surface area contributed by atoms with Crippen LogP contribution in [0.1, 0.15) is 10.4 Å². The molecule has 1 aliphatic rings. The monoisotopic (exact) mass is 433 g/mol. The summed E-state index contributed by atoms with van der Waals surface area (Å²) in [7, 11) is 2.17. The number of halogens is 4. The highest BCUT2D eigenvalue weighted by molar-refractivity contribution is 5.95. The zero-order valence-electron chi connectivity index (χ0n) is 15.1. The predicted octanol–water partition coefficient (Wildman–Crippen LogP) is 4.14. The fourth-order valence-corrected chi connectivity index (χ4v) is 2.45. The molecule has 0 saturated carbocycles. The summed E-state index contributed by atoms with van der Waals surface area (Å²) >= 11 is 0. The maximum atomic E-state index is 13.4. The largest absolute Gasteiger partial charge is 0.507 e. The number of alkyl halides is 4. The first kappa shape index (κ1) is 21.0. The molecular weight excluding hydrogens is 422 g/mol. The Hall–Kier alpha value is -3.77. The molecule has 0 aromatic heterocycles. The molecule has 0 spiro atoms. The highest BCUT2D eigenvalue weighted by Crippen LogP contribution is 2.48. The fraction of sp³-hybridized carbons (Fsp3) is 0.235. The van der Waals surface area contributed by atoms with Gasteiger partial charge in [0.1, 0.15) is 11.3 Å². The van der Waals surface area contributed by atoms with E-state index in [0.29, 0.717) is 0 Å². The number of carbonyl (C=O) groups excluding carboxylic acids is 1. The lowest BCUT2D eigenvalue weighted by Crippen LogP contribution is -2.52. The van der Waals surface area contributed by atoms with Crippen LogP contribution in [0.2, 0.25) is 0 Å². The van der Waals surface area contributed by atoms with Crippen molar-refractivity contribution in [1.29, 1.82) is 0 Å². The van der Waals surface area contributed by atoms with Crippen molar-refractivity contribution in [1.82, 2.24) is 0 Å². The van der Waals surface area contributed by atoms with E-state index in [9.17, 15) is 32.5 Å². The zero-order valence-corrected chi connectivity index (χ0v) is 15.1. The zero-order chi connectivity index (χ0) is 22.3. The van der Waals surface area contributed by atoms with Crippen LogP contribution >= 0.6 is 0 Å². The van der Waals surface area contributed by atoms with Gasteiger partial charge in [0.15, 0.2) is 23.0 Å². The molecule has 30 heavy (non-hydrogen) atoms. The number of methoxy groups -OCH3 is 2. The van der Waals surface area contributed by atoms with Crippen LogP contribution in [-0.4, -0.2) is 37.3 Å². The molecule has 0 bridgehead atoms. The number of esters is 1. The van der Waals surface area contributed by atoms with Crippen molar-refractivity contribution in [2.75, 3.05) is 14.2 Å². The number of hydrogen-bond donors (Lipinski definition) is 0. The van der Waals surface area contributed by atoms with Crippen LogP contribution in [0, 0.1) is 10.1 Å². The summed E-state index contributed by atoms with van der Waals surface area (Å²) in [6.07, 6.45) is -9.80. The van der Waals surface area contributed by atoms with Gasteiger partial charge in [0, 0.05) is 12.1 Å². The van der Waals surface area contributed by atoms with Gasteiger partial charge >= 0.3 is 18.2 Å². The summed E-state index contributed by atoms with van der Waals surface area (Å²) in [4.78, 5) is 22.2. The second-order valence-electron chi connectivity index (χ2n) is 5.72. The highest BCUT2D eigenvalue weighted by atomic mass is 19.3. The van der Waals surface area contributed by atoms with Crippen LogP contribution in [0.5, 0.6) is 28.7 Å². The second kappa shape index (κ2) is 7.24. The number of hydrogen-bond acceptors (Lipinski definition) is 8. The van der Waals surface area contributed by atoms with Gasteiger partial charge in [-0.1, -0.05) is 0 Å². The topological polar surface area (TPSA) is 106 Å². The van der Waals surface area contributed by atoms with Crippen LogP contribution in [-0.2, 0) is 4.74 Å². The van der Waals surface area contributed by atoms with Crippen LogP contribution in [0.25, 0.3) is 0 Å². The SMILES string of the molecule is COC(=O)c1cc(Oc2ccc3c(c2)OC(F)(F)C(F)(F)O3)c(OC)cc1[N+](=O)[O-]. The average Bonchev–Trinajstić information content (AvgIpc) is 2.67. The van der Waals surface area contributed by atoms with E-state index in [0.717, 1.165) is 44.6 Å².